The van der Waals surface area contributed by atoms with Gasteiger partial charge in [0.2, 0.25) is 0 Å². The Morgan fingerprint density at radius 3 is 3.05 bits per heavy atom. The number of aliphatic hydroxyl groups excluding tert-OH is 1. The summed E-state index contributed by atoms with van der Waals surface area (Å²) in [5.41, 5.74) is 1.05. The van der Waals surface area contributed by atoms with Gasteiger partial charge in [-0.15, -0.1) is 0 Å². The van der Waals surface area contributed by atoms with Crippen molar-refractivity contribution in [1.29, 1.82) is 0 Å². The van der Waals surface area contributed by atoms with Gasteiger partial charge in [-0.3, -0.25) is 9.78 Å². The summed E-state index contributed by atoms with van der Waals surface area (Å²) in [5, 5.41) is 11.5. The van der Waals surface area contributed by atoms with Crippen LogP contribution in [0.2, 0.25) is 0 Å². The Balaban J connectivity index is 2.52. The molecule has 1 amide bonds. The zero-order valence-corrected chi connectivity index (χ0v) is 12.6. The van der Waals surface area contributed by atoms with Crippen LogP contribution in [0.25, 0.3) is 0 Å². The molecule has 1 aromatic heterocycles. The molecule has 21 heavy (non-hydrogen) atoms. The Labute approximate surface area is 125 Å². The number of amides is 1. The highest BCUT2D eigenvalue weighted by Gasteiger charge is 2.09. The van der Waals surface area contributed by atoms with Gasteiger partial charge in [-0.05, 0) is 12.0 Å². The third-order valence-corrected chi connectivity index (χ3v) is 2.51. The summed E-state index contributed by atoms with van der Waals surface area (Å²) in [4.78, 5) is 16.0. The van der Waals surface area contributed by atoms with Crippen LogP contribution in [0.3, 0.4) is 0 Å². The molecular formula is C16H22N2O3. The lowest BCUT2D eigenvalue weighted by atomic mass is 10.1. The molecule has 5 heteroatoms. The van der Waals surface area contributed by atoms with Crippen molar-refractivity contribution in [3.63, 3.8) is 0 Å². The van der Waals surface area contributed by atoms with Gasteiger partial charge in [0.25, 0.3) is 5.91 Å². The molecule has 0 bridgehead atoms. The van der Waals surface area contributed by atoms with Crippen LogP contribution in [0.1, 0.15) is 36.2 Å². The minimum Gasteiger partial charge on any atom is -0.395 e. The van der Waals surface area contributed by atoms with E-state index in [-0.39, 0.29) is 12.5 Å². The first-order chi connectivity index (χ1) is 10.1. The average Bonchev–Trinajstić information content (AvgIpc) is 2.47. The van der Waals surface area contributed by atoms with E-state index in [1.165, 1.54) is 0 Å². The molecule has 0 spiro atoms. The third kappa shape index (κ3) is 6.89. The monoisotopic (exact) mass is 290 g/mol. The van der Waals surface area contributed by atoms with Gasteiger partial charge in [0.1, 0.15) is 0 Å². The van der Waals surface area contributed by atoms with Crippen molar-refractivity contribution in [1.82, 2.24) is 10.3 Å². The number of hydrogen-bond donors (Lipinski definition) is 2. The van der Waals surface area contributed by atoms with E-state index in [0.29, 0.717) is 43.2 Å². The average molecular weight is 290 g/mol. The number of aromatic nitrogens is 1. The fraction of sp³-hybridized carbons (Fsp3) is 0.500. The Hall–Kier alpha value is -1.90. The zero-order valence-electron chi connectivity index (χ0n) is 12.6. The first-order valence-corrected chi connectivity index (χ1v) is 7.04. The molecule has 0 radical (unpaired) electrons. The largest absolute Gasteiger partial charge is 0.395 e. The molecule has 2 N–H and O–H groups in total. The molecule has 1 rings (SSSR count). The summed E-state index contributed by atoms with van der Waals surface area (Å²) >= 11 is 0. The molecule has 0 unspecified atom stereocenters. The number of rotatable bonds is 7. The summed E-state index contributed by atoms with van der Waals surface area (Å²) in [7, 11) is 0. The van der Waals surface area contributed by atoms with Crippen molar-refractivity contribution in [3.05, 3.63) is 29.6 Å². The van der Waals surface area contributed by atoms with Crippen LogP contribution in [0, 0.1) is 17.8 Å². The maximum Gasteiger partial charge on any atom is 0.252 e. The van der Waals surface area contributed by atoms with Crippen LogP contribution in [-0.4, -0.2) is 42.4 Å². The second-order valence-corrected chi connectivity index (χ2v) is 4.92. The molecule has 0 aromatic carbocycles. The molecule has 0 aliphatic carbocycles. The lowest BCUT2D eigenvalue weighted by Gasteiger charge is -2.08. The molecule has 114 valence electrons. The van der Waals surface area contributed by atoms with Crippen LogP contribution in [-0.2, 0) is 4.74 Å². The van der Waals surface area contributed by atoms with Gasteiger partial charge in [0, 0.05) is 32.0 Å². The minimum atomic E-state index is -0.196. The minimum absolute atomic E-state index is 0.00197. The topological polar surface area (TPSA) is 71.5 Å². The number of carbonyl (C=O) groups excluding carboxylic acids is 1. The molecule has 0 saturated carbocycles. The van der Waals surface area contributed by atoms with Gasteiger partial charge in [-0.25, -0.2) is 0 Å². The van der Waals surface area contributed by atoms with Crippen molar-refractivity contribution in [3.8, 4) is 11.8 Å². The van der Waals surface area contributed by atoms with Gasteiger partial charge >= 0.3 is 0 Å². The van der Waals surface area contributed by atoms with Crippen molar-refractivity contribution in [2.24, 2.45) is 5.92 Å². The van der Waals surface area contributed by atoms with E-state index < -0.39 is 0 Å². The van der Waals surface area contributed by atoms with E-state index in [1.807, 2.05) is 0 Å². The SMILES string of the molecule is CC(C)COCCNC(=O)c1ccncc1C#CCCO. The molecule has 5 nitrogen and oxygen atoms in total. The van der Waals surface area contributed by atoms with Crippen LogP contribution in [0.4, 0.5) is 0 Å². The quantitative estimate of drug-likeness (QED) is 0.585. The highest BCUT2D eigenvalue weighted by molar-refractivity contribution is 5.96. The predicted molar refractivity (Wildman–Crippen MR) is 80.8 cm³/mol. The Bertz CT molecular complexity index is 504. The number of carbonyl (C=O) groups is 1. The highest BCUT2D eigenvalue weighted by atomic mass is 16.5. The normalized spacial score (nSPS) is 10.1. The summed E-state index contributed by atoms with van der Waals surface area (Å²) in [6.07, 6.45) is 3.48. The van der Waals surface area contributed by atoms with Gasteiger partial charge < -0.3 is 15.2 Å². The van der Waals surface area contributed by atoms with E-state index in [2.05, 4.69) is 36.0 Å². The van der Waals surface area contributed by atoms with Crippen LogP contribution in [0.15, 0.2) is 18.5 Å². The molecular weight excluding hydrogens is 268 g/mol. The summed E-state index contributed by atoms with van der Waals surface area (Å²) < 4.78 is 5.41. The molecule has 1 heterocycles. The van der Waals surface area contributed by atoms with E-state index >= 15 is 0 Å². The summed E-state index contributed by atoms with van der Waals surface area (Å²) in [6, 6.07) is 1.63. The Kier molecular flexibility index (Phi) is 8.10. The number of pyridine rings is 1. The van der Waals surface area contributed by atoms with Gasteiger partial charge in [-0.1, -0.05) is 25.7 Å². The lowest BCUT2D eigenvalue weighted by Crippen LogP contribution is -2.28. The molecule has 1 aromatic rings. The number of nitrogens with one attached hydrogen (secondary N) is 1. The fourth-order valence-electron chi connectivity index (χ4n) is 1.56. The van der Waals surface area contributed by atoms with Crippen molar-refractivity contribution in [2.45, 2.75) is 20.3 Å². The Morgan fingerprint density at radius 2 is 2.33 bits per heavy atom. The van der Waals surface area contributed by atoms with Crippen LogP contribution >= 0.6 is 0 Å². The maximum absolute atomic E-state index is 12.1. The maximum atomic E-state index is 12.1. The zero-order chi connectivity index (χ0) is 15.5. The first-order valence-electron chi connectivity index (χ1n) is 7.04. The molecule has 0 atom stereocenters. The van der Waals surface area contributed by atoms with Crippen molar-refractivity contribution >= 4 is 5.91 Å². The standard InChI is InChI=1S/C16H22N2O3/c1-13(2)12-21-10-8-18-16(20)15-6-7-17-11-14(15)5-3-4-9-19/h6-7,11,13,19H,4,8-10,12H2,1-2H3,(H,18,20). The van der Waals surface area contributed by atoms with Crippen LogP contribution < -0.4 is 5.32 Å². The number of hydrogen-bond acceptors (Lipinski definition) is 4. The van der Waals surface area contributed by atoms with E-state index in [4.69, 9.17) is 9.84 Å². The summed E-state index contributed by atoms with van der Waals surface area (Å²) in [6.45, 7) is 5.78. The smallest absolute Gasteiger partial charge is 0.252 e. The number of aliphatic hydroxyl groups is 1. The van der Waals surface area contributed by atoms with Gasteiger partial charge in [0.05, 0.1) is 24.3 Å². The molecule has 0 aliphatic rings. The van der Waals surface area contributed by atoms with E-state index in [0.717, 1.165) is 0 Å². The second kappa shape index (κ2) is 9.92. The van der Waals surface area contributed by atoms with Crippen LogP contribution in [0.5, 0.6) is 0 Å². The van der Waals surface area contributed by atoms with E-state index in [1.54, 1.807) is 18.5 Å². The fourth-order valence-corrected chi connectivity index (χ4v) is 1.56. The highest BCUT2D eigenvalue weighted by Crippen LogP contribution is 2.05. The molecule has 0 saturated heterocycles. The second-order valence-electron chi connectivity index (χ2n) is 4.92. The predicted octanol–water partition coefficient (Wildman–Crippen LogP) is 1.22. The number of ether oxygens (including phenoxy) is 1. The third-order valence-electron chi connectivity index (χ3n) is 2.51. The molecule has 0 fully saturated rings. The lowest BCUT2D eigenvalue weighted by molar-refractivity contribution is 0.0886. The summed E-state index contributed by atoms with van der Waals surface area (Å²) in [5.74, 6) is 5.92. The van der Waals surface area contributed by atoms with E-state index in [9.17, 15) is 4.79 Å². The molecule has 0 aliphatic heterocycles. The van der Waals surface area contributed by atoms with Gasteiger partial charge in [-0.2, -0.15) is 0 Å². The van der Waals surface area contributed by atoms with Crippen molar-refractivity contribution < 1.29 is 14.6 Å². The first kappa shape index (κ1) is 17.2. The number of nitrogens with zero attached hydrogens (tertiary/aromatic N) is 1. The van der Waals surface area contributed by atoms with Crippen molar-refractivity contribution in [2.75, 3.05) is 26.4 Å². The Morgan fingerprint density at radius 1 is 1.52 bits per heavy atom. The van der Waals surface area contributed by atoms with Gasteiger partial charge in [0.15, 0.2) is 0 Å².